The second kappa shape index (κ2) is 8.52. The Kier molecular flexibility index (Phi) is 5.82. The molecule has 1 fully saturated rings. The fourth-order valence-corrected chi connectivity index (χ4v) is 3.83. The second-order valence-electron chi connectivity index (χ2n) is 6.83. The van der Waals surface area contributed by atoms with Crippen LogP contribution in [0.2, 0.25) is 0 Å². The summed E-state index contributed by atoms with van der Waals surface area (Å²) in [6.07, 6.45) is 3.61. The summed E-state index contributed by atoms with van der Waals surface area (Å²) < 4.78 is 27.6. The molecule has 9 nitrogen and oxygen atoms in total. The fraction of sp³-hybridized carbons (Fsp3) is 0.368. The number of rotatable bonds is 5. The molecule has 1 aromatic carbocycles. The van der Waals surface area contributed by atoms with E-state index >= 15 is 0 Å². The Labute approximate surface area is 178 Å². The number of benzene rings is 1. The van der Waals surface area contributed by atoms with E-state index in [2.05, 4.69) is 31.3 Å². The van der Waals surface area contributed by atoms with Crippen molar-refractivity contribution in [2.45, 2.75) is 32.0 Å². The molecule has 0 radical (unpaired) electrons. The maximum atomic E-state index is 13.8. The van der Waals surface area contributed by atoms with E-state index in [4.69, 9.17) is 9.47 Å². The normalized spacial score (nSPS) is 16.6. The molecule has 1 saturated heterocycles. The molecule has 11 heteroatoms. The van der Waals surface area contributed by atoms with Crippen molar-refractivity contribution in [3.05, 3.63) is 45.3 Å². The van der Waals surface area contributed by atoms with E-state index in [0.29, 0.717) is 16.7 Å². The summed E-state index contributed by atoms with van der Waals surface area (Å²) in [5, 5.41) is 6.93. The monoisotopic (exact) mass is 479 g/mol. The molecule has 1 aliphatic rings. The third kappa shape index (κ3) is 3.94. The summed E-state index contributed by atoms with van der Waals surface area (Å²) in [6.45, 7) is 0.308. The van der Waals surface area contributed by atoms with E-state index in [1.165, 1.54) is 34.8 Å². The summed E-state index contributed by atoms with van der Waals surface area (Å²) in [7, 11) is 1.35. The van der Waals surface area contributed by atoms with Gasteiger partial charge in [-0.2, -0.15) is 5.10 Å². The third-order valence-corrected chi connectivity index (χ3v) is 5.35. The van der Waals surface area contributed by atoms with E-state index in [1.807, 2.05) is 0 Å². The minimum atomic E-state index is -0.600. The van der Waals surface area contributed by atoms with Gasteiger partial charge in [0, 0.05) is 18.4 Å². The number of ether oxygens (including phenoxy) is 2. The molecule has 0 spiro atoms. The molecule has 0 bridgehead atoms. The first kappa shape index (κ1) is 20.5. The van der Waals surface area contributed by atoms with Crippen molar-refractivity contribution in [3.8, 4) is 5.75 Å². The molecule has 1 atom stereocenters. The predicted molar refractivity (Wildman–Crippen MR) is 110 cm³/mol. The molecule has 1 N–H and O–H groups in total. The van der Waals surface area contributed by atoms with Crippen LogP contribution in [-0.4, -0.2) is 39.0 Å². The van der Waals surface area contributed by atoms with Crippen LogP contribution in [-0.2, 0) is 16.1 Å². The van der Waals surface area contributed by atoms with Crippen LogP contribution < -0.4 is 15.6 Å². The zero-order chi connectivity index (χ0) is 21.3. The molecule has 1 aliphatic heterocycles. The number of aromatic nitrogens is 4. The van der Waals surface area contributed by atoms with Crippen molar-refractivity contribution in [1.82, 2.24) is 19.3 Å². The molecular weight excluding hydrogens is 461 g/mol. The van der Waals surface area contributed by atoms with Crippen molar-refractivity contribution in [1.29, 1.82) is 0 Å². The molecule has 3 aromatic rings. The van der Waals surface area contributed by atoms with Crippen molar-refractivity contribution >= 4 is 38.6 Å². The molecule has 0 saturated carbocycles. The van der Waals surface area contributed by atoms with E-state index in [1.54, 1.807) is 0 Å². The number of anilines is 1. The van der Waals surface area contributed by atoms with Crippen molar-refractivity contribution in [2.75, 3.05) is 19.0 Å². The summed E-state index contributed by atoms with van der Waals surface area (Å²) in [4.78, 5) is 29.8. The minimum absolute atomic E-state index is 0.0719. The number of hydrogen-bond acceptors (Lipinski definition) is 6. The summed E-state index contributed by atoms with van der Waals surface area (Å²) in [5.41, 5.74) is 0.509. The molecule has 30 heavy (non-hydrogen) atoms. The van der Waals surface area contributed by atoms with Crippen LogP contribution in [0.15, 0.2) is 33.9 Å². The van der Waals surface area contributed by atoms with Crippen LogP contribution in [0, 0.1) is 5.82 Å². The van der Waals surface area contributed by atoms with Gasteiger partial charge in [-0.15, -0.1) is 0 Å². The van der Waals surface area contributed by atoms with E-state index < -0.39 is 17.3 Å². The second-order valence-corrected chi connectivity index (χ2v) is 7.58. The highest BCUT2D eigenvalue weighted by Gasteiger charge is 2.24. The highest BCUT2D eigenvalue weighted by molar-refractivity contribution is 9.10. The Morgan fingerprint density at radius 3 is 2.97 bits per heavy atom. The zero-order valence-corrected chi connectivity index (χ0v) is 17.7. The number of amides is 1. The Morgan fingerprint density at radius 1 is 1.43 bits per heavy atom. The van der Waals surface area contributed by atoms with E-state index in [0.717, 1.165) is 25.3 Å². The maximum Gasteiger partial charge on any atom is 0.280 e. The standard InChI is InChI=1S/C19H19BrFN5O4/c1-29-13-6-5-11(8-12(13)21)23-14(27)9-25-10-22-16-17(19(25)28)26(24-18(16)20)15-4-2-3-7-30-15/h5-6,8,10,15H,2-4,7,9H2,1H3,(H,23,27). The quantitative estimate of drug-likeness (QED) is 0.603. The van der Waals surface area contributed by atoms with Crippen LogP contribution in [0.5, 0.6) is 5.75 Å². The van der Waals surface area contributed by atoms with Crippen LogP contribution in [0.1, 0.15) is 25.5 Å². The van der Waals surface area contributed by atoms with Gasteiger partial charge in [0.2, 0.25) is 5.91 Å². The molecule has 1 unspecified atom stereocenters. The average molecular weight is 480 g/mol. The number of halogens is 2. The SMILES string of the molecule is COc1ccc(NC(=O)Cn2cnc3c(Br)nn(C4CCCCO4)c3c2=O)cc1F. The summed E-state index contributed by atoms with van der Waals surface area (Å²) in [6, 6.07) is 4.06. The first-order valence-corrected chi connectivity index (χ1v) is 10.2. The Bertz CT molecular complexity index is 1160. The number of nitrogens with one attached hydrogen (secondary N) is 1. The van der Waals surface area contributed by atoms with Crippen molar-refractivity contribution in [2.24, 2.45) is 0 Å². The molecule has 158 valence electrons. The Morgan fingerprint density at radius 2 is 2.27 bits per heavy atom. The highest BCUT2D eigenvalue weighted by Crippen LogP contribution is 2.27. The van der Waals surface area contributed by atoms with Gasteiger partial charge in [0.15, 0.2) is 27.9 Å². The lowest BCUT2D eigenvalue weighted by molar-refractivity contribution is -0.116. The van der Waals surface area contributed by atoms with Crippen molar-refractivity contribution in [3.63, 3.8) is 0 Å². The van der Waals surface area contributed by atoms with Crippen LogP contribution in [0.25, 0.3) is 11.0 Å². The van der Waals surface area contributed by atoms with Gasteiger partial charge in [-0.25, -0.2) is 14.1 Å². The van der Waals surface area contributed by atoms with Crippen LogP contribution in [0.4, 0.5) is 10.1 Å². The van der Waals surface area contributed by atoms with Gasteiger partial charge in [0.1, 0.15) is 12.1 Å². The van der Waals surface area contributed by atoms with Gasteiger partial charge in [0.25, 0.3) is 5.56 Å². The highest BCUT2D eigenvalue weighted by atomic mass is 79.9. The molecule has 4 rings (SSSR count). The predicted octanol–water partition coefficient (Wildman–Crippen LogP) is 2.84. The minimum Gasteiger partial charge on any atom is -0.494 e. The topological polar surface area (TPSA) is 100 Å². The lowest BCUT2D eigenvalue weighted by atomic mass is 10.2. The fourth-order valence-electron chi connectivity index (χ4n) is 3.36. The van der Waals surface area contributed by atoms with Crippen molar-refractivity contribution < 1.29 is 18.7 Å². The van der Waals surface area contributed by atoms with Crippen LogP contribution in [0.3, 0.4) is 0 Å². The molecule has 1 amide bonds. The number of carbonyl (C=O) groups excluding carboxylic acids is 1. The van der Waals surface area contributed by atoms with Gasteiger partial charge in [-0.1, -0.05) is 0 Å². The first-order chi connectivity index (χ1) is 14.5. The lowest BCUT2D eigenvalue weighted by Crippen LogP contribution is -2.30. The third-order valence-electron chi connectivity index (χ3n) is 4.81. The number of fused-ring (bicyclic) bond motifs is 1. The maximum absolute atomic E-state index is 13.8. The molecule has 3 heterocycles. The average Bonchev–Trinajstić information content (AvgIpc) is 3.08. The summed E-state index contributed by atoms with van der Waals surface area (Å²) in [5.74, 6) is -1.03. The molecule has 2 aromatic heterocycles. The Hall–Kier alpha value is -2.79. The number of carbonyl (C=O) groups is 1. The molecular formula is C19H19BrFN5O4. The number of nitrogens with zero attached hydrogens (tertiary/aromatic N) is 4. The molecule has 0 aliphatic carbocycles. The zero-order valence-electron chi connectivity index (χ0n) is 16.1. The number of hydrogen-bond donors (Lipinski definition) is 1. The van der Waals surface area contributed by atoms with Gasteiger partial charge >= 0.3 is 0 Å². The first-order valence-electron chi connectivity index (χ1n) is 9.36. The van der Waals surface area contributed by atoms with Gasteiger partial charge in [-0.3, -0.25) is 14.2 Å². The van der Waals surface area contributed by atoms with Crippen LogP contribution >= 0.6 is 15.9 Å². The largest absolute Gasteiger partial charge is 0.494 e. The smallest absolute Gasteiger partial charge is 0.280 e. The Balaban J connectivity index is 1.60. The number of methoxy groups -OCH3 is 1. The summed E-state index contributed by atoms with van der Waals surface area (Å²) >= 11 is 3.33. The van der Waals surface area contributed by atoms with E-state index in [-0.39, 0.29) is 29.7 Å². The van der Waals surface area contributed by atoms with Gasteiger partial charge in [0.05, 0.1) is 13.4 Å². The lowest BCUT2D eigenvalue weighted by Gasteiger charge is -2.23. The van der Waals surface area contributed by atoms with Gasteiger partial charge < -0.3 is 14.8 Å². The van der Waals surface area contributed by atoms with Gasteiger partial charge in [-0.05, 0) is 47.3 Å². The van der Waals surface area contributed by atoms with E-state index in [9.17, 15) is 14.0 Å².